The van der Waals surface area contributed by atoms with Gasteiger partial charge in [-0.3, -0.25) is 4.90 Å². The molecule has 0 aromatic heterocycles. The molecule has 0 bridgehead atoms. The van der Waals surface area contributed by atoms with E-state index in [1.165, 1.54) is 6.92 Å². The molecule has 1 saturated heterocycles. The highest BCUT2D eigenvalue weighted by Gasteiger charge is 2.33. The zero-order chi connectivity index (χ0) is 9.90. The van der Waals surface area contributed by atoms with Gasteiger partial charge in [0.05, 0.1) is 12.6 Å². The minimum Gasteiger partial charge on any atom is -0.393 e. The van der Waals surface area contributed by atoms with E-state index in [1.54, 1.807) is 4.90 Å². The van der Waals surface area contributed by atoms with Gasteiger partial charge >= 0.3 is 0 Å². The number of halogens is 2. The largest absolute Gasteiger partial charge is 0.393 e. The first-order valence-electron chi connectivity index (χ1n) is 4.78. The third-order valence-electron chi connectivity index (χ3n) is 2.25. The van der Waals surface area contributed by atoms with Crippen molar-refractivity contribution >= 4 is 0 Å². The molecule has 1 aliphatic rings. The summed E-state index contributed by atoms with van der Waals surface area (Å²) in [5.41, 5.74) is 0. The highest BCUT2D eigenvalue weighted by Crippen LogP contribution is 2.23. The van der Waals surface area contributed by atoms with Crippen LogP contribution in [0.3, 0.4) is 0 Å². The van der Waals surface area contributed by atoms with Gasteiger partial charge in [-0.1, -0.05) is 0 Å². The lowest BCUT2D eigenvalue weighted by Crippen LogP contribution is -2.37. The van der Waals surface area contributed by atoms with Gasteiger partial charge in [0, 0.05) is 6.42 Å². The predicted molar refractivity (Wildman–Crippen MR) is 46.9 cm³/mol. The Morgan fingerprint density at radius 1 is 1.38 bits per heavy atom. The smallest absolute Gasteiger partial charge is 0.263 e. The number of hydrogen-bond acceptors (Lipinski definition) is 2. The van der Waals surface area contributed by atoms with Crippen LogP contribution in [0.15, 0.2) is 0 Å². The van der Waals surface area contributed by atoms with E-state index in [4.69, 9.17) is 5.11 Å². The van der Waals surface area contributed by atoms with Crippen LogP contribution in [0.1, 0.15) is 26.2 Å². The topological polar surface area (TPSA) is 23.5 Å². The van der Waals surface area contributed by atoms with E-state index in [0.29, 0.717) is 0 Å². The minimum absolute atomic E-state index is 0.197. The summed E-state index contributed by atoms with van der Waals surface area (Å²) in [6.07, 6.45) is 0.691. The maximum absolute atomic E-state index is 13.1. The van der Waals surface area contributed by atoms with Crippen LogP contribution in [-0.4, -0.2) is 41.7 Å². The van der Waals surface area contributed by atoms with Gasteiger partial charge in [-0.15, -0.1) is 0 Å². The highest BCUT2D eigenvalue weighted by atomic mass is 19.3. The van der Waals surface area contributed by atoms with Gasteiger partial charge in [-0.05, 0) is 32.9 Å². The molecule has 0 saturated carbocycles. The fourth-order valence-corrected chi connectivity index (χ4v) is 1.76. The van der Waals surface area contributed by atoms with Crippen LogP contribution in [0.2, 0.25) is 0 Å². The van der Waals surface area contributed by atoms with Crippen molar-refractivity contribution in [3.8, 4) is 0 Å². The first-order valence-corrected chi connectivity index (χ1v) is 4.78. The maximum Gasteiger partial charge on any atom is 0.263 e. The van der Waals surface area contributed by atoms with Crippen molar-refractivity contribution in [3.05, 3.63) is 0 Å². The Balaban J connectivity index is 2.31. The molecule has 0 amide bonds. The summed E-state index contributed by atoms with van der Waals surface area (Å²) >= 11 is 0. The number of rotatable bonds is 4. The molecule has 0 aliphatic carbocycles. The zero-order valence-corrected chi connectivity index (χ0v) is 7.97. The second kappa shape index (κ2) is 4.33. The minimum atomic E-state index is -2.74. The molecule has 2 nitrogen and oxygen atoms in total. The Kier molecular flexibility index (Phi) is 3.62. The van der Waals surface area contributed by atoms with Gasteiger partial charge in [0.1, 0.15) is 0 Å². The fraction of sp³-hybridized carbons (Fsp3) is 1.00. The van der Waals surface area contributed by atoms with Gasteiger partial charge in [0.15, 0.2) is 0 Å². The standard InChI is InChI=1S/C9H17F2NO/c1-8(13)6-9(10,11)7-12-4-2-3-5-12/h8,13H,2-7H2,1H3. The molecular formula is C9H17F2NO. The van der Waals surface area contributed by atoms with E-state index in [2.05, 4.69) is 0 Å². The molecule has 4 heteroatoms. The predicted octanol–water partition coefficient (Wildman–Crippen LogP) is 1.49. The van der Waals surface area contributed by atoms with Crippen LogP contribution in [0.4, 0.5) is 8.78 Å². The van der Waals surface area contributed by atoms with Gasteiger partial charge in [-0.25, -0.2) is 8.78 Å². The van der Waals surface area contributed by atoms with E-state index in [1.807, 2.05) is 0 Å². The van der Waals surface area contributed by atoms with E-state index in [-0.39, 0.29) is 6.54 Å². The molecule has 1 fully saturated rings. The zero-order valence-electron chi connectivity index (χ0n) is 7.97. The Morgan fingerprint density at radius 3 is 2.38 bits per heavy atom. The summed E-state index contributed by atoms with van der Waals surface area (Å²) in [6.45, 7) is 2.75. The Bertz CT molecular complexity index is 156. The lowest BCUT2D eigenvalue weighted by Gasteiger charge is -2.23. The molecule has 1 heterocycles. The van der Waals surface area contributed by atoms with Crippen LogP contribution >= 0.6 is 0 Å². The first-order chi connectivity index (χ1) is 5.99. The summed E-state index contributed by atoms with van der Waals surface area (Å²) in [6, 6.07) is 0. The Labute approximate surface area is 77.5 Å². The van der Waals surface area contributed by atoms with E-state index in [0.717, 1.165) is 25.9 Å². The third kappa shape index (κ3) is 4.00. The molecule has 13 heavy (non-hydrogen) atoms. The molecule has 0 radical (unpaired) electrons. The second-order valence-corrected chi connectivity index (χ2v) is 3.89. The summed E-state index contributed by atoms with van der Waals surface area (Å²) in [5.74, 6) is -2.74. The van der Waals surface area contributed by atoms with Crippen molar-refractivity contribution in [2.24, 2.45) is 0 Å². The lowest BCUT2D eigenvalue weighted by atomic mass is 10.1. The molecule has 0 aromatic rings. The monoisotopic (exact) mass is 193 g/mol. The SMILES string of the molecule is CC(O)CC(F)(F)CN1CCCC1. The van der Waals surface area contributed by atoms with Crippen molar-refractivity contribution in [1.82, 2.24) is 4.90 Å². The normalized spacial score (nSPS) is 22.2. The van der Waals surface area contributed by atoms with Gasteiger partial charge in [-0.2, -0.15) is 0 Å². The first kappa shape index (κ1) is 10.9. The average Bonchev–Trinajstić information content (AvgIpc) is 2.34. The number of alkyl halides is 2. The number of aliphatic hydroxyl groups is 1. The van der Waals surface area contributed by atoms with Gasteiger partial charge in [0.2, 0.25) is 0 Å². The van der Waals surface area contributed by atoms with Crippen LogP contribution in [-0.2, 0) is 0 Å². The Morgan fingerprint density at radius 2 is 1.92 bits per heavy atom. The maximum atomic E-state index is 13.1. The van der Waals surface area contributed by atoms with Crippen molar-refractivity contribution < 1.29 is 13.9 Å². The summed E-state index contributed by atoms with van der Waals surface area (Å²) in [7, 11) is 0. The van der Waals surface area contributed by atoms with Gasteiger partial charge in [0.25, 0.3) is 5.92 Å². The van der Waals surface area contributed by atoms with Gasteiger partial charge < -0.3 is 5.11 Å². The number of nitrogens with zero attached hydrogens (tertiary/aromatic N) is 1. The third-order valence-corrected chi connectivity index (χ3v) is 2.25. The molecule has 1 atom stereocenters. The second-order valence-electron chi connectivity index (χ2n) is 3.89. The summed E-state index contributed by atoms with van der Waals surface area (Å²) < 4.78 is 26.2. The number of hydrogen-bond donors (Lipinski definition) is 1. The molecule has 1 unspecified atom stereocenters. The quantitative estimate of drug-likeness (QED) is 0.731. The molecule has 0 spiro atoms. The van der Waals surface area contributed by atoms with Crippen LogP contribution < -0.4 is 0 Å². The molecular weight excluding hydrogens is 176 g/mol. The van der Waals surface area contributed by atoms with Crippen molar-refractivity contribution in [3.63, 3.8) is 0 Å². The van der Waals surface area contributed by atoms with Crippen LogP contribution in [0.25, 0.3) is 0 Å². The highest BCUT2D eigenvalue weighted by molar-refractivity contribution is 4.77. The molecule has 1 aliphatic heterocycles. The van der Waals surface area contributed by atoms with E-state index >= 15 is 0 Å². The lowest BCUT2D eigenvalue weighted by molar-refractivity contribution is -0.0602. The summed E-state index contributed by atoms with van der Waals surface area (Å²) in [4.78, 5) is 1.77. The van der Waals surface area contributed by atoms with Crippen molar-refractivity contribution in [1.29, 1.82) is 0 Å². The number of aliphatic hydroxyl groups excluding tert-OH is 1. The van der Waals surface area contributed by atoms with Crippen molar-refractivity contribution in [2.75, 3.05) is 19.6 Å². The summed E-state index contributed by atoms with van der Waals surface area (Å²) in [5, 5.41) is 8.86. The molecule has 1 rings (SSSR count). The van der Waals surface area contributed by atoms with E-state index < -0.39 is 18.4 Å². The fourth-order valence-electron chi connectivity index (χ4n) is 1.76. The molecule has 1 N–H and O–H groups in total. The van der Waals surface area contributed by atoms with Crippen LogP contribution in [0.5, 0.6) is 0 Å². The Hall–Kier alpha value is -0.220. The van der Waals surface area contributed by atoms with E-state index in [9.17, 15) is 8.78 Å². The average molecular weight is 193 g/mol. The molecule has 0 aromatic carbocycles. The van der Waals surface area contributed by atoms with Crippen molar-refractivity contribution in [2.45, 2.75) is 38.2 Å². The number of likely N-dealkylation sites (tertiary alicyclic amines) is 1. The molecule has 78 valence electrons. The van der Waals surface area contributed by atoms with Crippen LogP contribution in [0, 0.1) is 0 Å².